The molecule has 0 aliphatic rings. The maximum absolute atomic E-state index is 4.46. The van der Waals surface area contributed by atoms with E-state index in [0.29, 0.717) is 6.04 Å². The van der Waals surface area contributed by atoms with E-state index in [1.54, 1.807) is 11.8 Å². The molecule has 0 aliphatic heterocycles. The Hall–Kier alpha value is -1.41. The zero-order chi connectivity index (χ0) is 15.2. The van der Waals surface area contributed by atoms with Crippen LogP contribution < -0.4 is 5.32 Å². The first-order valence-corrected chi connectivity index (χ1v) is 8.24. The van der Waals surface area contributed by atoms with Gasteiger partial charge < -0.3 is 5.32 Å². The number of tetrazole rings is 1. The van der Waals surface area contributed by atoms with Gasteiger partial charge in [-0.25, -0.2) is 4.68 Å². The summed E-state index contributed by atoms with van der Waals surface area (Å²) in [5.41, 5.74) is 2.25. The van der Waals surface area contributed by atoms with Crippen LogP contribution in [0, 0.1) is 6.92 Å². The normalized spacial score (nSPS) is 11.5. The average Bonchev–Trinajstić information content (AvgIpc) is 3.02. The van der Waals surface area contributed by atoms with Crippen molar-refractivity contribution in [2.75, 3.05) is 6.54 Å². The van der Waals surface area contributed by atoms with E-state index in [1.165, 1.54) is 5.69 Å². The van der Waals surface area contributed by atoms with Crippen LogP contribution in [-0.4, -0.2) is 42.6 Å². The Kier molecular flexibility index (Phi) is 5.75. The van der Waals surface area contributed by atoms with Gasteiger partial charge in [0.05, 0.1) is 12.2 Å². The fraction of sp³-hybridized carbons (Fsp3) is 0.692. The molecule has 116 valence electrons. The first-order valence-electron chi connectivity index (χ1n) is 7.25. The molecule has 0 unspecified atom stereocenters. The molecular formula is C13H23N7S. The van der Waals surface area contributed by atoms with E-state index >= 15 is 0 Å². The topological polar surface area (TPSA) is 73.5 Å². The Morgan fingerprint density at radius 1 is 1.33 bits per heavy atom. The van der Waals surface area contributed by atoms with E-state index < -0.39 is 0 Å². The lowest BCUT2D eigenvalue weighted by Gasteiger charge is -2.08. The van der Waals surface area contributed by atoms with Crippen LogP contribution in [0.25, 0.3) is 0 Å². The largest absolute Gasteiger partial charge is 0.313 e. The molecule has 0 fully saturated rings. The van der Waals surface area contributed by atoms with Gasteiger partial charge >= 0.3 is 0 Å². The van der Waals surface area contributed by atoms with Crippen LogP contribution in [0.2, 0.25) is 0 Å². The Bertz CT molecular complexity index is 561. The summed E-state index contributed by atoms with van der Waals surface area (Å²) in [5.74, 6) is 0.826. The molecule has 2 aromatic heterocycles. The number of hydrogen-bond donors (Lipinski definition) is 1. The van der Waals surface area contributed by atoms with Crippen LogP contribution in [0.15, 0.2) is 11.2 Å². The van der Waals surface area contributed by atoms with Gasteiger partial charge in [0.1, 0.15) is 0 Å². The van der Waals surface area contributed by atoms with Crippen molar-refractivity contribution < 1.29 is 0 Å². The Labute approximate surface area is 129 Å². The molecule has 0 spiro atoms. The maximum Gasteiger partial charge on any atom is 0.209 e. The second kappa shape index (κ2) is 7.56. The summed E-state index contributed by atoms with van der Waals surface area (Å²) < 4.78 is 3.87. The molecular weight excluding hydrogens is 286 g/mol. The Morgan fingerprint density at radius 2 is 2.14 bits per heavy atom. The average molecular weight is 309 g/mol. The van der Waals surface area contributed by atoms with E-state index in [2.05, 4.69) is 52.8 Å². The first kappa shape index (κ1) is 16.0. The van der Waals surface area contributed by atoms with Gasteiger partial charge in [0, 0.05) is 30.6 Å². The van der Waals surface area contributed by atoms with Gasteiger partial charge in [-0.2, -0.15) is 5.10 Å². The monoisotopic (exact) mass is 309 g/mol. The molecule has 2 aromatic rings. The summed E-state index contributed by atoms with van der Waals surface area (Å²) in [6.07, 6.45) is 0. The van der Waals surface area contributed by atoms with E-state index in [-0.39, 0.29) is 0 Å². The van der Waals surface area contributed by atoms with Crippen LogP contribution in [0.3, 0.4) is 0 Å². The molecule has 1 N–H and O–H groups in total. The van der Waals surface area contributed by atoms with Gasteiger partial charge in [0.2, 0.25) is 5.16 Å². The molecule has 0 radical (unpaired) electrons. The van der Waals surface area contributed by atoms with Gasteiger partial charge in [-0.05, 0) is 30.3 Å². The lowest BCUT2D eigenvalue weighted by atomic mass is 10.4. The van der Waals surface area contributed by atoms with Crippen molar-refractivity contribution in [3.63, 3.8) is 0 Å². The fourth-order valence-electron chi connectivity index (χ4n) is 2.03. The van der Waals surface area contributed by atoms with Gasteiger partial charge in [0.15, 0.2) is 0 Å². The van der Waals surface area contributed by atoms with Crippen molar-refractivity contribution in [1.29, 1.82) is 0 Å². The van der Waals surface area contributed by atoms with Crippen LogP contribution >= 0.6 is 11.8 Å². The zero-order valence-electron chi connectivity index (χ0n) is 13.1. The standard InChI is InChI=1S/C13H23N7S/c1-5-19-12(8-11(4)16-19)9-21-13-15-17-18-20(13)7-6-14-10(2)3/h8,10,14H,5-7,9H2,1-4H3. The predicted octanol–water partition coefficient (Wildman–Crippen LogP) is 1.49. The minimum absolute atomic E-state index is 0.472. The molecule has 0 aliphatic carbocycles. The number of nitrogens with zero attached hydrogens (tertiary/aromatic N) is 6. The first-order chi connectivity index (χ1) is 10.1. The van der Waals surface area contributed by atoms with Crippen LogP contribution in [0.4, 0.5) is 0 Å². The van der Waals surface area contributed by atoms with Crippen molar-refractivity contribution in [2.24, 2.45) is 0 Å². The Morgan fingerprint density at radius 3 is 2.86 bits per heavy atom. The van der Waals surface area contributed by atoms with Crippen LogP contribution in [0.1, 0.15) is 32.2 Å². The third-order valence-electron chi connectivity index (χ3n) is 3.01. The highest BCUT2D eigenvalue weighted by Gasteiger charge is 2.10. The molecule has 2 heterocycles. The number of thioether (sulfide) groups is 1. The predicted molar refractivity (Wildman–Crippen MR) is 83.2 cm³/mol. The summed E-state index contributed by atoms with van der Waals surface area (Å²) in [4.78, 5) is 0. The minimum atomic E-state index is 0.472. The molecule has 8 heteroatoms. The van der Waals surface area contributed by atoms with Crippen molar-refractivity contribution in [3.8, 4) is 0 Å². The molecule has 0 bridgehead atoms. The second-order valence-corrected chi connectivity index (χ2v) is 6.12. The molecule has 0 aromatic carbocycles. The molecule has 0 saturated heterocycles. The highest BCUT2D eigenvalue weighted by molar-refractivity contribution is 7.98. The fourth-order valence-corrected chi connectivity index (χ4v) is 2.91. The quantitative estimate of drug-likeness (QED) is 0.745. The molecule has 21 heavy (non-hydrogen) atoms. The van der Waals surface area contributed by atoms with E-state index in [4.69, 9.17) is 0 Å². The van der Waals surface area contributed by atoms with Crippen molar-refractivity contribution in [3.05, 3.63) is 17.5 Å². The zero-order valence-corrected chi connectivity index (χ0v) is 13.9. The van der Waals surface area contributed by atoms with Gasteiger partial charge in [-0.15, -0.1) is 5.10 Å². The van der Waals surface area contributed by atoms with Crippen molar-refractivity contribution >= 4 is 11.8 Å². The second-order valence-electron chi connectivity index (χ2n) is 5.17. The van der Waals surface area contributed by atoms with Gasteiger partial charge in [-0.1, -0.05) is 25.6 Å². The molecule has 0 saturated carbocycles. The SMILES string of the molecule is CCn1nc(C)cc1CSc1nnnn1CCNC(C)C. The summed E-state index contributed by atoms with van der Waals surface area (Å²) in [7, 11) is 0. The molecule has 2 rings (SSSR count). The Balaban J connectivity index is 1.92. The van der Waals surface area contributed by atoms with Gasteiger partial charge in [0.25, 0.3) is 0 Å². The lowest BCUT2D eigenvalue weighted by molar-refractivity contribution is 0.485. The van der Waals surface area contributed by atoms with Gasteiger partial charge in [-0.3, -0.25) is 4.68 Å². The number of nitrogens with one attached hydrogen (secondary N) is 1. The van der Waals surface area contributed by atoms with Crippen molar-refractivity contribution in [2.45, 2.75) is 57.7 Å². The summed E-state index contributed by atoms with van der Waals surface area (Å²) in [5, 5.41) is 20.6. The maximum atomic E-state index is 4.46. The number of aromatic nitrogens is 6. The van der Waals surface area contributed by atoms with Crippen molar-refractivity contribution in [1.82, 2.24) is 35.3 Å². The molecule has 0 amide bonds. The third-order valence-corrected chi connectivity index (χ3v) is 4.00. The summed E-state index contributed by atoms with van der Waals surface area (Å²) >= 11 is 1.65. The third kappa shape index (κ3) is 4.53. The molecule has 7 nitrogen and oxygen atoms in total. The highest BCUT2D eigenvalue weighted by atomic mass is 32.2. The van der Waals surface area contributed by atoms with Crippen LogP contribution in [0.5, 0.6) is 0 Å². The van der Waals surface area contributed by atoms with E-state index in [0.717, 1.165) is 36.2 Å². The van der Waals surface area contributed by atoms with E-state index in [1.807, 2.05) is 16.3 Å². The highest BCUT2D eigenvalue weighted by Crippen LogP contribution is 2.20. The minimum Gasteiger partial charge on any atom is -0.313 e. The number of hydrogen-bond acceptors (Lipinski definition) is 6. The summed E-state index contributed by atoms with van der Waals surface area (Å²) in [6.45, 7) is 10.9. The van der Waals surface area contributed by atoms with Crippen LogP contribution in [-0.2, 0) is 18.8 Å². The number of aryl methyl sites for hydroxylation is 2. The lowest BCUT2D eigenvalue weighted by Crippen LogP contribution is -2.27. The molecule has 0 atom stereocenters. The van der Waals surface area contributed by atoms with E-state index in [9.17, 15) is 0 Å². The smallest absolute Gasteiger partial charge is 0.209 e. The number of rotatable bonds is 8. The summed E-state index contributed by atoms with van der Waals surface area (Å²) in [6, 6.07) is 2.59.